The van der Waals surface area contributed by atoms with Crippen molar-refractivity contribution in [1.82, 2.24) is 19.8 Å². The lowest BCUT2D eigenvalue weighted by atomic mass is 10.0. The molecule has 1 aromatic carbocycles. The maximum absolute atomic E-state index is 13.2. The molecule has 158 valence electrons. The monoisotopic (exact) mass is 438 g/mol. The zero-order chi connectivity index (χ0) is 18.2. The van der Waals surface area contributed by atoms with Crippen LogP contribution in [0.3, 0.4) is 0 Å². The summed E-state index contributed by atoms with van der Waals surface area (Å²) in [4.78, 5) is 19.9. The van der Waals surface area contributed by atoms with E-state index in [1.165, 1.54) is 12.8 Å². The Hall–Kier alpha value is -1.60. The number of ether oxygens (including phenoxy) is 1. The number of aromatic nitrogens is 2. The highest BCUT2D eigenvalue weighted by atomic mass is 35.5. The molecule has 2 aromatic rings. The molecule has 6 nitrogen and oxygen atoms in total. The first-order valence-electron chi connectivity index (χ1n) is 10.0. The Morgan fingerprint density at radius 2 is 1.90 bits per heavy atom. The Bertz CT molecular complexity index is 802. The van der Waals surface area contributed by atoms with Crippen molar-refractivity contribution >= 4 is 30.7 Å². The van der Waals surface area contributed by atoms with Gasteiger partial charge in [-0.25, -0.2) is 4.98 Å². The van der Waals surface area contributed by atoms with Crippen molar-refractivity contribution in [2.75, 3.05) is 26.2 Å². The lowest BCUT2D eigenvalue weighted by Crippen LogP contribution is -2.47. The first-order valence-corrected chi connectivity index (χ1v) is 10.0. The molecule has 0 bridgehead atoms. The zero-order valence-corrected chi connectivity index (χ0v) is 18.0. The minimum atomic E-state index is -0.0564. The molecule has 1 saturated carbocycles. The molecule has 2 fully saturated rings. The Balaban J connectivity index is 0.00000120. The van der Waals surface area contributed by atoms with Gasteiger partial charge in [-0.1, -0.05) is 30.3 Å². The molecule has 8 heteroatoms. The summed E-state index contributed by atoms with van der Waals surface area (Å²) in [6.45, 7) is 3.98. The van der Waals surface area contributed by atoms with Crippen LogP contribution in [-0.4, -0.2) is 52.6 Å². The van der Waals surface area contributed by atoms with Crippen molar-refractivity contribution in [3.8, 4) is 0 Å². The predicted octanol–water partition coefficient (Wildman–Crippen LogP) is 2.86. The highest BCUT2D eigenvalue weighted by Gasteiger charge is 2.40. The number of benzene rings is 1. The third kappa shape index (κ3) is 4.77. The molecule has 3 aliphatic rings. The molecule has 3 heterocycles. The van der Waals surface area contributed by atoms with E-state index in [9.17, 15) is 4.79 Å². The van der Waals surface area contributed by atoms with Crippen molar-refractivity contribution < 1.29 is 9.53 Å². The summed E-state index contributed by atoms with van der Waals surface area (Å²) < 4.78 is 8.51. The number of hydrogen-bond acceptors (Lipinski definition) is 4. The van der Waals surface area contributed by atoms with E-state index in [-0.39, 0.29) is 42.9 Å². The SMILES string of the molecule is Cl.Cl.O=C(c1cn2c(n1)CCNCC2)N1C[C@@H](c2ccccc2)O[C@@H](C2CC2)C1. The van der Waals surface area contributed by atoms with Crippen LogP contribution in [0.5, 0.6) is 0 Å². The molecule has 0 unspecified atom stereocenters. The van der Waals surface area contributed by atoms with E-state index < -0.39 is 0 Å². The number of halogens is 2. The van der Waals surface area contributed by atoms with E-state index in [2.05, 4.69) is 27.0 Å². The largest absolute Gasteiger partial charge is 0.366 e. The molecule has 29 heavy (non-hydrogen) atoms. The number of nitrogens with zero attached hydrogens (tertiary/aromatic N) is 3. The summed E-state index contributed by atoms with van der Waals surface area (Å²) in [7, 11) is 0. The molecule has 1 amide bonds. The number of amides is 1. The summed E-state index contributed by atoms with van der Waals surface area (Å²) in [5.41, 5.74) is 1.72. The predicted molar refractivity (Wildman–Crippen MR) is 116 cm³/mol. The summed E-state index contributed by atoms with van der Waals surface area (Å²) in [5.74, 6) is 1.64. The van der Waals surface area contributed by atoms with Gasteiger partial charge in [-0.05, 0) is 24.3 Å². The molecule has 1 aliphatic carbocycles. The van der Waals surface area contributed by atoms with Crippen LogP contribution in [0, 0.1) is 5.92 Å². The standard InChI is InChI=1S/C21H26N4O2.2ClH/c26-21(17-12-24-11-10-22-9-8-20(24)23-17)25-13-18(15-4-2-1-3-5-15)27-19(14-25)16-6-7-16;;/h1-5,12,16,18-19,22H,6-11,13-14H2;2*1H/t18-,19+;;/m0../s1. The van der Waals surface area contributed by atoms with Crippen LogP contribution >= 0.6 is 24.8 Å². The number of carbonyl (C=O) groups is 1. The van der Waals surface area contributed by atoms with Crippen molar-refractivity contribution in [3.05, 3.63) is 53.6 Å². The second-order valence-electron chi connectivity index (χ2n) is 7.86. The van der Waals surface area contributed by atoms with E-state index in [4.69, 9.17) is 4.74 Å². The van der Waals surface area contributed by atoms with Crippen LogP contribution < -0.4 is 5.32 Å². The summed E-state index contributed by atoms with van der Waals surface area (Å²) in [5, 5.41) is 3.37. The topological polar surface area (TPSA) is 59.4 Å². The summed E-state index contributed by atoms with van der Waals surface area (Å²) >= 11 is 0. The summed E-state index contributed by atoms with van der Waals surface area (Å²) in [6, 6.07) is 10.3. The quantitative estimate of drug-likeness (QED) is 0.799. The zero-order valence-electron chi connectivity index (χ0n) is 16.3. The minimum absolute atomic E-state index is 0. The first-order chi connectivity index (χ1) is 13.3. The van der Waals surface area contributed by atoms with Crippen LogP contribution in [0.4, 0.5) is 0 Å². The molecule has 1 saturated heterocycles. The second kappa shape index (κ2) is 9.47. The van der Waals surface area contributed by atoms with E-state index in [0.29, 0.717) is 24.7 Å². The van der Waals surface area contributed by atoms with Gasteiger partial charge in [0.05, 0.1) is 12.6 Å². The second-order valence-corrected chi connectivity index (χ2v) is 7.86. The van der Waals surface area contributed by atoms with E-state index in [1.807, 2.05) is 29.3 Å². The third-order valence-electron chi connectivity index (χ3n) is 5.87. The number of imidazole rings is 1. The average Bonchev–Trinajstić information content (AvgIpc) is 3.52. The van der Waals surface area contributed by atoms with Crippen molar-refractivity contribution in [2.45, 2.75) is 38.0 Å². The van der Waals surface area contributed by atoms with E-state index >= 15 is 0 Å². The summed E-state index contributed by atoms with van der Waals surface area (Å²) in [6.07, 6.45) is 5.30. The molecule has 0 radical (unpaired) electrons. The lowest BCUT2D eigenvalue weighted by molar-refractivity contribution is -0.0864. The van der Waals surface area contributed by atoms with Crippen LogP contribution in [0.1, 0.15) is 40.8 Å². The fourth-order valence-corrected chi connectivity index (χ4v) is 4.17. The Labute approximate surface area is 183 Å². The number of fused-ring (bicyclic) bond motifs is 1. The lowest BCUT2D eigenvalue weighted by Gasteiger charge is -2.38. The van der Waals surface area contributed by atoms with Crippen molar-refractivity contribution in [3.63, 3.8) is 0 Å². The molecule has 0 spiro atoms. The maximum atomic E-state index is 13.2. The van der Waals surface area contributed by atoms with E-state index in [0.717, 1.165) is 37.4 Å². The highest BCUT2D eigenvalue weighted by molar-refractivity contribution is 5.92. The van der Waals surface area contributed by atoms with Crippen LogP contribution in [0.25, 0.3) is 0 Å². The van der Waals surface area contributed by atoms with Gasteiger partial charge in [0.15, 0.2) is 0 Å². The fraction of sp³-hybridized carbons (Fsp3) is 0.524. The van der Waals surface area contributed by atoms with Gasteiger partial charge in [-0.2, -0.15) is 0 Å². The molecule has 1 aromatic heterocycles. The molecule has 2 atom stereocenters. The average molecular weight is 439 g/mol. The van der Waals surface area contributed by atoms with Gasteiger partial charge in [-0.15, -0.1) is 24.8 Å². The minimum Gasteiger partial charge on any atom is -0.366 e. The number of rotatable bonds is 3. The van der Waals surface area contributed by atoms with E-state index in [1.54, 1.807) is 0 Å². The van der Waals surface area contributed by atoms with Crippen molar-refractivity contribution in [1.29, 1.82) is 0 Å². The Morgan fingerprint density at radius 3 is 2.66 bits per heavy atom. The van der Waals surface area contributed by atoms with Gasteiger partial charge in [0.1, 0.15) is 17.6 Å². The fourth-order valence-electron chi connectivity index (χ4n) is 4.17. The molecule has 1 N–H and O–H groups in total. The Morgan fingerprint density at radius 1 is 1.10 bits per heavy atom. The van der Waals surface area contributed by atoms with Crippen LogP contribution in [0.15, 0.2) is 36.5 Å². The molecule has 2 aliphatic heterocycles. The Kier molecular flexibility index (Phi) is 7.22. The normalized spacial score (nSPS) is 23.9. The van der Waals surface area contributed by atoms with Gasteiger partial charge >= 0.3 is 0 Å². The first kappa shape index (κ1) is 22.1. The molecule has 5 rings (SSSR count). The van der Waals surface area contributed by atoms with Gasteiger partial charge in [0.25, 0.3) is 5.91 Å². The number of carbonyl (C=O) groups excluding carboxylic acids is 1. The third-order valence-corrected chi connectivity index (χ3v) is 5.87. The van der Waals surface area contributed by atoms with Gasteiger partial charge in [0, 0.05) is 38.8 Å². The van der Waals surface area contributed by atoms with Gasteiger partial charge in [0.2, 0.25) is 0 Å². The maximum Gasteiger partial charge on any atom is 0.274 e. The number of morpholine rings is 1. The number of nitrogens with one attached hydrogen (secondary N) is 1. The van der Waals surface area contributed by atoms with Gasteiger partial charge in [-0.3, -0.25) is 4.79 Å². The molecular weight excluding hydrogens is 411 g/mol. The smallest absolute Gasteiger partial charge is 0.274 e. The molecular formula is C21H28Cl2N4O2. The van der Waals surface area contributed by atoms with Gasteiger partial charge < -0.3 is 19.5 Å². The van der Waals surface area contributed by atoms with Crippen LogP contribution in [0.2, 0.25) is 0 Å². The van der Waals surface area contributed by atoms with Crippen LogP contribution in [-0.2, 0) is 17.7 Å². The number of hydrogen-bond donors (Lipinski definition) is 1. The van der Waals surface area contributed by atoms with Crippen molar-refractivity contribution in [2.24, 2.45) is 5.92 Å². The highest BCUT2D eigenvalue weighted by Crippen LogP contribution is 2.39.